The third-order valence-electron chi connectivity index (χ3n) is 8.32. The van der Waals surface area contributed by atoms with Crippen molar-refractivity contribution in [3.8, 4) is 11.8 Å². The molecule has 2 amide bonds. The van der Waals surface area contributed by atoms with Gasteiger partial charge in [0.25, 0.3) is 5.91 Å². The van der Waals surface area contributed by atoms with Crippen molar-refractivity contribution in [2.75, 3.05) is 19.6 Å². The molecule has 2 atom stereocenters. The molecule has 10 heteroatoms. The van der Waals surface area contributed by atoms with Crippen molar-refractivity contribution in [1.82, 2.24) is 14.8 Å². The van der Waals surface area contributed by atoms with Crippen molar-refractivity contribution < 1.29 is 27.9 Å². The fourth-order valence-electron chi connectivity index (χ4n) is 6.20. The largest absolute Gasteiger partial charge is 0.508 e. The molecule has 4 rings (SSSR count). The number of nitriles is 1. The average molecular weight is 557 g/mol. The van der Waals surface area contributed by atoms with Crippen molar-refractivity contribution in [3.63, 3.8) is 0 Å². The van der Waals surface area contributed by atoms with Crippen LogP contribution >= 0.6 is 0 Å². The highest BCUT2D eigenvalue weighted by atomic mass is 19.4. The van der Waals surface area contributed by atoms with E-state index < -0.39 is 40.7 Å². The van der Waals surface area contributed by atoms with Gasteiger partial charge < -0.3 is 14.9 Å². The Kier molecular flexibility index (Phi) is 9.02. The molecule has 2 aromatic rings. The van der Waals surface area contributed by atoms with E-state index in [0.29, 0.717) is 57.2 Å². The first-order valence-corrected chi connectivity index (χ1v) is 13.9. The maximum Gasteiger partial charge on any atom is 0.418 e. The number of aromatic nitrogens is 1. The number of para-hydroxylation sites is 1. The Morgan fingerprint density at radius 1 is 1.10 bits per heavy atom. The molecule has 0 bridgehead atoms. The Morgan fingerprint density at radius 2 is 1.82 bits per heavy atom. The summed E-state index contributed by atoms with van der Waals surface area (Å²) < 4.78 is 41.2. The summed E-state index contributed by atoms with van der Waals surface area (Å²) in [5, 5.41) is 20.5. The number of phenolic OH excluding ortho intramolecular Hbond substituents is 1. The summed E-state index contributed by atoms with van der Waals surface area (Å²) in [5.41, 5.74) is -2.08. The summed E-state index contributed by atoms with van der Waals surface area (Å²) in [6.45, 7) is 2.80. The van der Waals surface area contributed by atoms with E-state index in [9.17, 15) is 33.1 Å². The van der Waals surface area contributed by atoms with Crippen molar-refractivity contribution in [1.29, 1.82) is 5.26 Å². The second-order valence-electron chi connectivity index (χ2n) is 10.7. The number of piperidine rings is 1. The van der Waals surface area contributed by atoms with Gasteiger partial charge in [-0.1, -0.05) is 44.4 Å². The zero-order valence-electron chi connectivity index (χ0n) is 22.7. The van der Waals surface area contributed by atoms with Gasteiger partial charge >= 0.3 is 6.18 Å². The predicted molar refractivity (Wildman–Crippen MR) is 142 cm³/mol. The van der Waals surface area contributed by atoms with Crippen molar-refractivity contribution in [2.45, 2.75) is 75.9 Å². The predicted octanol–water partition coefficient (Wildman–Crippen LogP) is 5.69. The van der Waals surface area contributed by atoms with Gasteiger partial charge in [0.15, 0.2) is 0 Å². The molecule has 2 fully saturated rings. The van der Waals surface area contributed by atoms with Crippen molar-refractivity contribution in [3.05, 3.63) is 59.4 Å². The number of halogens is 3. The van der Waals surface area contributed by atoms with Crippen LogP contribution in [0.1, 0.15) is 79.9 Å². The third kappa shape index (κ3) is 5.93. The van der Waals surface area contributed by atoms with Crippen molar-refractivity contribution in [2.24, 2.45) is 5.92 Å². The monoisotopic (exact) mass is 556 g/mol. The molecule has 0 spiro atoms. The van der Waals surface area contributed by atoms with E-state index in [1.54, 1.807) is 29.2 Å². The molecule has 3 heterocycles. The van der Waals surface area contributed by atoms with Gasteiger partial charge in [-0.25, -0.2) is 0 Å². The Bertz CT molecular complexity index is 1250. The maximum atomic E-state index is 14.0. The SMILES string of the molecule is CCCC1C(C(=O)N2CCC(C#N)(c3ccccc3O)CC2)CCCCCN1C(=O)c1ncccc1C(F)(F)F. The molecule has 1 N–H and O–H groups in total. The molecular formula is C30H35F3N4O3. The second-order valence-corrected chi connectivity index (χ2v) is 10.7. The van der Waals surface area contributed by atoms with E-state index in [1.165, 1.54) is 11.1 Å². The number of likely N-dealkylation sites (tertiary alicyclic amines) is 2. The molecule has 0 saturated carbocycles. The molecule has 2 aliphatic rings. The first-order chi connectivity index (χ1) is 19.1. The van der Waals surface area contributed by atoms with Crippen LogP contribution in [0.15, 0.2) is 42.6 Å². The number of hydrogen-bond acceptors (Lipinski definition) is 5. The number of pyridine rings is 1. The summed E-state index contributed by atoms with van der Waals surface area (Å²) in [7, 11) is 0. The molecular weight excluding hydrogens is 521 g/mol. The van der Waals surface area contributed by atoms with Crippen LogP contribution in [0.2, 0.25) is 0 Å². The molecule has 1 aromatic carbocycles. The van der Waals surface area contributed by atoms with Crippen LogP contribution < -0.4 is 0 Å². The zero-order chi connectivity index (χ0) is 28.9. The number of phenols is 1. The highest BCUT2D eigenvalue weighted by Gasteiger charge is 2.44. The van der Waals surface area contributed by atoms with E-state index in [4.69, 9.17) is 0 Å². The minimum Gasteiger partial charge on any atom is -0.508 e. The normalized spacial score (nSPS) is 21.7. The van der Waals surface area contributed by atoms with Gasteiger partial charge in [0.05, 0.1) is 23.0 Å². The number of rotatable bonds is 5. The molecule has 0 aliphatic carbocycles. The highest BCUT2D eigenvalue weighted by molar-refractivity contribution is 5.94. The zero-order valence-corrected chi connectivity index (χ0v) is 22.7. The molecule has 1 aromatic heterocycles. The maximum absolute atomic E-state index is 14.0. The average Bonchev–Trinajstić information content (AvgIpc) is 2.94. The minimum absolute atomic E-state index is 0.0498. The van der Waals surface area contributed by atoms with Crippen molar-refractivity contribution >= 4 is 11.8 Å². The van der Waals surface area contributed by atoms with E-state index in [-0.39, 0.29) is 18.2 Å². The van der Waals surface area contributed by atoms with Crippen LogP contribution in [0.5, 0.6) is 5.75 Å². The summed E-state index contributed by atoms with van der Waals surface area (Å²) >= 11 is 0. The lowest BCUT2D eigenvalue weighted by Gasteiger charge is -2.43. The molecule has 2 aliphatic heterocycles. The summed E-state index contributed by atoms with van der Waals surface area (Å²) in [4.78, 5) is 34.7. The van der Waals surface area contributed by atoms with E-state index in [1.807, 2.05) is 6.92 Å². The Hall–Kier alpha value is -3.61. The molecule has 214 valence electrons. The fraction of sp³-hybridized carbons (Fsp3) is 0.533. The minimum atomic E-state index is -4.73. The third-order valence-corrected chi connectivity index (χ3v) is 8.32. The number of alkyl halides is 3. The molecule has 0 radical (unpaired) electrons. The van der Waals surface area contributed by atoms with Crippen LogP contribution in [0.4, 0.5) is 13.2 Å². The summed E-state index contributed by atoms with van der Waals surface area (Å²) in [5.74, 6) is -1.46. The quantitative estimate of drug-likeness (QED) is 0.510. The van der Waals surface area contributed by atoms with Gasteiger partial charge in [-0.3, -0.25) is 14.6 Å². The van der Waals surface area contributed by atoms with Crippen LogP contribution in [0.25, 0.3) is 0 Å². The lowest BCUT2D eigenvalue weighted by molar-refractivity contribution is -0.140. The van der Waals surface area contributed by atoms with E-state index >= 15 is 0 Å². The van der Waals surface area contributed by atoms with Gasteiger partial charge in [-0.2, -0.15) is 18.4 Å². The number of carbonyl (C=O) groups is 2. The fourth-order valence-corrected chi connectivity index (χ4v) is 6.20. The van der Waals surface area contributed by atoms with Gasteiger partial charge in [-0.05, 0) is 50.3 Å². The summed E-state index contributed by atoms with van der Waals surface area (Å²) in [6, 6.07) is 10.6. The highest BCUT2D eigenvalue weighted by Crippen LogP contribution is 2.40. The Balaban J connectivity index is 1.60. The van der Waals surface area contributed by atoms with Crippen LogP contribution in [0.3, 0.4) is 0 Å². The molecule has 2 saturated heterocycles. The lowest BCUT2D eigenvalue weighted by Crippen LogP contribution is -2.54. The number of aromatic hydroxyl groups is 1. The first kappa shape index (κ1) is 29.4. The number of hydrogen-bond donors (Lipinski definition) is 1. The van der Waals surface area contributed by atoms with Gasteiger partial charge in [0.1, 0.15) is 11.4 Å². The number of nitrogens with zero attached hydrogens (tertiary/aromatic N) is 4. The van der Waals surface area contributed by atoms with Gasteiger partial charge in [-0.15, -0.1) is 0 Å². The standard InChI is InChI=1S/C30H35F3N4O3/c1-2-9-24-21(27(39)36-18-14-29(20-34,15-19-36)22-11-5-6-13-25(22)38)10-4-3-7-17-37(24)28(40)26-23(30(31,32)33)12-8-16-35-26/h5-6,8,11-13,16,21,24,38H,2-4,7,9-10,14-15,17-19H2,1H3. The van der Waals surface area contributed by atoms with Crippen LogP contribution in [0, 0.1) is 17.2 Å². The Labute approximate surface area is 232 Å². The van der Waals surface area contributed by atoms with E-state index in [0.717, 1.165) is 25.0 Å². The number of amides is 2. The smallest absolute Gasteiger partial charge is 0.418 e. The summed E-state index contributed by atoms with van der Waals surface area (Å²) in [6.07, 6.45) is 0.983. The number of carbonyl (C=O) groups excluding carboxylic acids is 2. The van der Waals surface area contributed by atoms with Gasteiger partial charge in [0, 0.05) is 37.4 Å². The van der Waals surface area contributed by atoms with Gasteiger partial charge in [0.2, 0.25) is 5.91 Å². The Morgan fingerprint density at radius 3 is 2.48 bits per heavy atom. The lowest BCUT2D eigenvalue weighted by atomic mass is 9.73. The molecule has 40 heavy (non-hydrogen) atoms. The topological polar surface area (TPSA) is 97.5 Å². The molecule has 2 unspecified atom stereocenters. The van der Waals surface area contributed by atoms with E-state index in [2.05, 4.69) is 11.1 Å². The molecule has 7 nitrogen and oxygen atoms in total. The second kappa shape index (κ2) is 12.3. The number of benzene rings is 1. The van der Waals surface area contributed by atoms with Crippen LogP contribution in [-0.2, 0) is 16.4 Å². The van der Waals surface area contributed by atoms with Crippen LogP contribution in [-0.4, -0.2) is 57.4 Å². The first-order valence-electron chi connectivity index (χ1n) is 13.9.